The highest BCUT2D eigenvalue weighted by Crippen LogP contribution is 2.12. The van der Waals surface area contributed by atoms with Crippen molar-refractivity contribution in [3.8, 4) is 6.07 Å². The second-order valence-electron chi connectivity index (χ2n) is 4.64. The zero-order valence-electron chi connectivity index (χ0n) is 11.5. The molecular formula is C14H10N6O2. The van der Waals surface area contributed by atoms with Crippen LogP contribution in [0.25, 0.3) is 5.52 Å². The van der Waals surface area contributed by atoms with Crippen molar-refractivity contribution in [1.29, 1.82) is 5.26 Å². The molecule has 2 aromatic heterocycles. The van der Waals surface area contributed by atoms with Crippen LogP contribution in [0, 0.1) is 18.3 Å². The molecule has 0 atom stereocenters. The molecule has 1 amide bonds. The summed E-state index contributed by atoms with van der Waals surface area (Å²) in [6, 6.07) is 8.41. The van der Waals surface area contributed by atoms with Gasteiger partial charge in [-0.15, -0.1) is 5.10 Å². The number of hydrogen-bond donors (Lipinski definition) is 2. The molecule has 2 N–H and O–H groups in total. The molecule has 3 aromatic rings. The monoisotopic (exact) mass is 294 g/mol. The molecule has 8 nitrogen and oxygen atoms in total. The smallest absolute Gasteiger partial charge is 0.278 e. The highest BCUT2D eigenvalue weighted by atomic mass is 16.2. The van der Waals surface area contributed by atoms with Gasteiger partial charge in [0, 0.05) is 11.4 Å². The first-order chi connectivity index (χ1) is 10.6. The van der Waals surface area contributed by atoms with E-state index in [0.29, 0.717) is 16.9 Å². The van der Waals surface area contributed by atoms with Gasteiger partial charge in [-0.3, -0.25) is 9.59 Å². The molecule has 0 saturated heterocycles. The van der Waals surface area contributed by atoms with Gasteiger partial charge in [-0.25, -0.2) is 4.52 Å². The Balaban J connectivity index is 1.99. The standard InChI is InChI=1S/C14H10N6O2/c1-8-7-20-12(14(22)16-8)11(18-19-20)13(21)17-10-4-2-3-9(5-10)6-15/h2-5,7H,1H3,(H,16,22)(H,17,21). The Morgan fingerprint density at radius 2 is 2.27 bits per heavy atom. The van der Waals surface area contributed by atoms with Crippen molar-refractivity contribution < 1.29 is 4.79 Å². The van der Waals surface area contributed by atoms with E-state index >= 15 is 0 Å². The number of fused-ring (bicyclic) bond motifs is 1. The fourth-order valence-electron chi connectivity index (χ4n) is 2.06. The zero-order chi connectivity index (χ0) is 15.7. The first-order valence-electron chi connectivity index (χ1n) is 6.35. The lowest BCUT2D eigenvalue weighted by molar-refractivity contribution is 0.102. The van der Waals surface area contributed by atoms with Gasteiger partial charge in [-0.1, -0.05) is 11.3 Å². The molecule has 0 aliphatic carbocycles. The minimum absolute atomic E-state index is 0.0690. The Bertz CT molecular complexity index is 979. The predicted octanol–water partition coefficient (Wildman–Crippen LogP) is 0.850. The molecule has 0 fully saturated rings. The minimum Gasteiger partial charge on any atom is -0.323 e. The van der Waals surface area contributed by atoms with Gasteiger partial charge in [0.05, 0.1) is 17.8 Å². The Morgan fingerprint density at radius 1 is 1.45 bits per heavy atom. The molecule has 0 aliphatic heterocycles. The zero-order valence-corrected chi connectivity index (χ0v) is 11.5. The third kappa shape index (κ3) is 2.31. The Kier molecular flexibility index (Phi) is 3.16. The van der Waals surface area contributed by atoms with Gasteiger partial charge >= 0.3 is 0 Å². The molecule has 0 unspecified atom stereocenters. The van der Waals surface area contributed by atoms with Crippen molar-refractivity contribution in [3.63, 3.8) is 0 Å². The number of carbonyl (C=O) groups excluding carboxylic acids is 1. The molecule has 0 spiro atoms. The number of nitrogens with one attached hydrogen (secondary N) is 2. The van der Waals surface area contributed by atoms with Crippen molar-refractivity contribution >= 4 is 17.1 Å². The van der Waals surface area contributed by atoms with Crippen molar-refractivity contribution in [3.05, 3.63) is 57.8 Å². The van der Waals surface area contributed by atoms with E-state index in [9.17, 15) is 9.59 Å². The number of aryl methyl sites for hydroxylation is 1. The van der Waals surface area contributed by atoms with Crippen molar-refractivity contribution in [2.45, 2.75) is 6.92 Å². The number of aromatic amines is 1. The Morgan fingerprint density at radius 3 is 3.05 bits per heavy atom. The van der Waals surface area contributed by atoms with E-state index in [2.05, 4.69) is 20.6 Å². The van der Waals surface area contributed by atoms with Crippen molar-refractivity contribution in [2.75, 3.05) is 5.32 Å². The van der Waals surface area contributed by atoms with Gasteiger partial charge < -0.3 is 10.3 Å². The number of rotatable bonds is 2. The SMILES string of the molecule is Cc1cn2nnc(C(=O)Nc3cccc(C#N)c3)c2c(=O)[nH]1. The van der Waals surface area contributed by atoms with Gasteiger partial charge in [-0.05, 0) is 25.1 Å². The van der Waals surface area contributed by atoms with Crippen LogP contribution in [-0.2, 0) is 0 Å². The van der Waals surface area contributed by atoms with E-state index < -0.39 is 11.5 Å². The lowest BCUT2D eigenvalue weighted by Gasteiger charge is -2.03. The normalized spacial score (nSPS) is 10.4. The predicted molar refractivity (Wildman–Crippen MR) is 77.5 cm³/mol. The summed E-state index contributed by atoms with van der Waals surface area (Å²) in [5, 5.41) is 19.0. The number of nitriles is 1. The van der Waals surface area contributed by atoms with E-state index in [-0.39, 0.29) is 11.2 Å². The van der Waals surface area contributed by atoms with Crippen LogP contribution in [0.5, 0.6) is 0 Å². The van der Waals surface area contributed by atoms with Crippen LogP contribution in [0.1, 0.15) is 21.7 Å². The number of hydrogen-bond acceptors (Lipinski definition) is 5. The fraction of sp³-hybridized carbons (Fsp3) is 0.0714. The second-order valence-corrected chi connectivity index (χ2v) is 4.64. The van der Waals surface area contributed by atoms with Crippen LogP contribution in [0.2, 0.25) is 0 Å². The fourth-order valence-corrected chi connectivity index (χ4v) is 2.06. The summed E-state index contributed by atoms with van der Waals surface area (Å²) in [4.78, 5) is 26.8. The maximum Gasteiger partial charge on any atom is 0.278 e. The highest BCUT2D eigenvalue weighted by molar-refractivity contribution is 6.07. The Labute approximate surface area is 124 Å². The first-order valence-corrected chi connectivity index (χ1v) is 6.35. The van der Waals surface area contributed by atoms with E-state index in [1.807, 2.05) is 6.07 Å². The molecule has 108 valence electrons. The number of carbonyl (C=O) groups is 1. The maximum absolute atomic E-state index is 12.3. The summed E-state index contributed by atoms with van der Waals surface area (Å²) in [5.41, 5.74) is 1.01. The molecule has 0 saturated carbocycles. The number of H-pyrrole nitrogens is 1. The number of anilines is 1. The molecule has 0 bridgehead atoms. The quantitative estimate of drug-likeness (QED) is 0.726. The number of benzene rings is 1. The summed E-state index contributed by atoms with van der Waals surface area (Å²) in [6.45, 7) is 1.70. The molecule has 0 radical (unpaired) electrons. The van der Waals surface area contributed by atoms with Crippen LogP contribution in [0.15, 0.2) is 35.3 Å². The van der Waals surface area contributed by atoms with Crippen molar-refractivity contribution in [1.82, 2.24) is 19.8 Å². The molecule has 22 heavy (non-hydrogen) atoms. The van der Waals surface area contributed by atoms with Crippen LogP contribution >= 0.6 is 0 Å². The lowest BCUT2D eigenvalue weighted by atomic mass is 10.2. The average Bonchev–Trinajstić information content (AvgIpc) is 2.91. The molecule has 0 aliphatic rings. The third-order valence-electron chi connectivity index (χ3n) is 3.00. The Hall–Kier alpha value is -3.47. The van der Waals surface area contributed by atoms with Gasteiger partial charge in [-0.2, -0.15) is 5.26 Å². The third-order valence-corrected chi connectivity index (χ3v) is 3.00. The van der Waals surface area contributed by atoms with E-state index in [4.69, 9.17) is 5.26 Å². The maximum atomic E-state index is 12.3. The second kappa shape index (κ2) is 5.14. The number of aromatic nitrogens is 4. The largest absolute Gasteiger partial charge is 0.323 e. The average molecular weight is 294 g/mol. The first kappa shape index (κ1) is 13.5. The number of nitrogens with zero attached hydrogens (tertiary/aromatic N) is 4. The van der Waals surface area contributed by atoms with E-state index in [1.54, 1.807) is 31.3 Å². The summed E-state index contributed by atoms with van der Waals surface area (Å²) in [7, 11) is 0. The van der Waals surface area contributed by atoms with E-state index in [1.165, 1.54) is 10.6 Å². The van der Waals surface area contributed by atoms with Crippen molar-refractivity contribution in [2.24, 2.45) is 0 Å². The minimum atomic E-state index is -0.570. The van der Waals surface area contributed by atoms with Crippen LogP contribution in [0.4, 0.5) is 5.69 Å². The summed E-state index contributed by atoms with van der Waals surface area (Å²) >= 11 is 0. The molecule has 3 rings (SSSR count). The van der Waals surface area contributed by atoms with Gasteiger partial charge in [0.1, 0.15) is 0 Å². The van der Waals surface area contributed by atoms with Crippen LogP contribution in [0.3, 0.4) is 0 Å². The van der Waals surface area contributed by atoms with Gasteiger partial charge in [0.25, 0.3) is 11.5 Å². The molecule has 1 aromatic carbocycles. The van der Waals surface area contributed by atoms with Gasteiger partial charge in [0.15, 0.2) is 11.2 Å². The molecular weight excluding hydrogens is 284 g/mol. The summed E-state index contributed by atoms with van der Waals surface area (Å²) in [5.74, 6) is -0.570. The molecule has 2 heterocycles. The summed E-state index contributed by atoms with van der Waals surface area (Å²) in [6.07, 6.45) is 1.57. The summed E-state index contributed by atoms with van der Waals surface area (Å²) < 4.78 is 1.26. The topological polar surface area (TPSA) is 116 Å². The lowest BCUT2D eigenvalue weighted by Crippen LogP contribution is -2.18. The highest BCUT2D eigenvalue weighted by Gasteiger charge is 2.18. The van der Waals surface area contributed by atoms with Crippen LogP contribution < -0.4 is 10.9 Å². The molecule has 8 heteroatoms. The van der Waals surface area contributed by atoms with Crippen LogP contribution in [-0.4, -0.2) is 25.7 Å². The van der Waals surface area contributed by atoms with E-state index in [0.717, 1.165) is 0 Å². The van der Waals surface area contributed by atoms with Gasteiger partial charge in [0.2, 0.25) is 0 Å². The number of amides is 1.